The Morgan fingerprint density at radius 3 is 1.00 bits per heavy atom. The molecule has 3 atom stereocenters. The Labute approximate surface area is 382 Å². The van der Waals surface area contributed by atoms with Crippen molar-refractivity contribution in [2.75, 3.05) is 6.61 Å². The number of aliphatic hydroxyl groups is 3. The van der Waals surface area contributed by atoms with Gasteiger partial charge in [-0.2, -0.15) is 0 Å². The van der Waals surface area contributed by atoms with Crippen molar-refractivity contribution in [3.05, 3.63) is 24.3 Å². The smallest absolute Gasteiger partial charge is 0.220 e. The van der Waals surface area contributed by atoms with Gasteiger partial charge >= 0.3 is 0 Å². The Morgan fingerprint density at radius 2 is 0.672 bits per heavy atom. The first kappa shape index (κ1) is 59.8. The lowest BCUT2D eigenvalue weighted by atomic mass is 10.0. The van der Waals surface area contributed by atoms with Crippen LogP contribution in [0.1, 0.15) is 303 Å². The number of carbonyl (C=O) groups is 1. The van der Waals surface area contributed by atoms with E-state index in [2.05, 4.69) is 43.5 Å². The number of nitrogens with one attached hydrogen (secondary N) is 1. The molecule has 3 unspecified atom stereocenters. The van der Waals surface area contributed by atoms with Gasteiger partial charge in [-0.15, -0.1) is 0 Å². The Hall–Kier alpha value is -1.17. The maximum absolute atomic E-state index is 12.5. The normalized spacial score (nSPS) is 13.5. The Kier molecular flexibility index (Phi) is 50.5. The second kappa shape index (κ2) is 51.5. The fourth-order valence-electron chi connectivity index (χ4n) is 8.77. The summed E-state index contributed by atoms with van der Waals surface area (Å²) in [6.07, 6.45) is 64.8. The SMILES string of the molecule is CCCCCCCCCCCC/C=C/CC/C=C/CCCC(O)C(O)C(CO)NC(=O)CCCCCCCCCCCCCCCCCCCCCCCCCCCCCC. The summed E-state index contributed by atoms with van der Waals surface area (Å²) in [5, 5.41) is 33.7. The van der Waals surface area contributed by atoms with E-state index in [0.717, 1.165) is 44.9 Å². The van der Waals surface area contributed by atoms with Crippen molar-refractivity contribution in [2.45, 2.75) is 321 Å². The molecule has 0 aliphatic carbocycles. The van der Waals surface area contributed by atoms with E-state index >= 15 is 0 Å². The maximum Gasteiger partial charge on any atom is 0.220 e. The summed E-state index contributed by atoms with van der Waals surface area (Å²) in [4.78, 5) is 12.5. The van der Waals surface area contributed by atoms with Crippen LogP contribution in [0.3, 0.4) is 0 Å². The summed E-state index contributed by atoms with van der Waals surface area (Å²) in [7, 11) is 0. The number of allylic oxidation sites excluding steroid dienone is 4. The Balaban J connectivity index is 3.55. The predicted octanol–water partition coefficient (Wildman–Crippen LogP) is 16.9. The molecule has 0 aliphatic heterocycles. The number of aliphatic hydroxyl groups excluding tert-OH is 3. The van der Waals surface area contributed by atoms with E-state index in [0.29, 0.717) is 12.8 Å². The lowest BCUT2D eigenvalue weighted by Gasteiger charge is -2.26. The van der Waals surface area contributed by atoms with Crippen molar-refractivity contribution in [3.63, 3.8) is 0 Å². The molecule has 5 nitrogen and oxygen atoms in total. The fourth-order valence-corrected chi connectivity index (χ4v) is 8.77. The monoisotopic (exact) mass is 860 g/mol. The standard InChI is InChI=1S/C56H109NO4/c1-3-5-7-9-11-13-15-17-19-21-23-24-25-26-27-28-29-30-31-33-35-37-39-41-43-45-47-49-51-55(60)57-53(52-58)56(61)54(59)50-48-46-44-42-40-38-36-34-32-22-20-18-16-14-12-10-8-6-4-2/h34,36,42,44,53-54,56,58-59,61H,3-33,35,37-41,43,45-52H2,1-2H3,(H,57,60)/b36-34+,44-42+. The van der Waals surface area contributed by atoms with Gasteiger partial charge in [-0.05, 0) is 51.4 Å². The van der Waals surface area contributed by atoms with Crippen LogP contribution in [0, 0.1) is 0 Å². The molecule has 0 saturated carbocycles. The summed E-state index contributed by atoms with van der Waals surface area (Å²) in [5.41, 5.74) is 0. The van der Waals surface area contributed by atoms with E-state index in [4.69, 9.17) is 0 Å². The number of carbonyl (C=O) groups excluding carboxylic acids is 1. The van der Waals surface area contributed by atoms with Gasteiger partial charge in [0, 0.05) is 6.42 Å². The van der Waals surface area contributed by atoms with E-state index in [1.165, 1.54) is 231 Å². The largest absolute Gasteiger partial charge is 0.394 e. The second-order valence-corrected chi connectivity index (χ2v) is 19.1. The van der Waals surface area contributed by atoms with Crippen LogP contribution in [0.25, 0.3) is 0 Å². The third-order valence-electron chi connectivity index (χ3n) is 13.0. The molecule has 4 N–H and O–H groups in total. The van der Waals surface area contributed by atoms with E-state index in [1.54, 1.807) is 0 Å². The Bertz CT molecular complexity index is 905. The molecule has 0 saturated heterocycles. The summed E-state index contributed by atoms with van der Waals surface area (Å²) < 4.78 is 0. The molecule has 0 bridgehead atoms. The average Bonchev–Trinajstić information content (AvgIpc) is 3.26. The van der Waals surface area contributed by atoms with Crippen molar-refractivity contribution in [1.82, 2.24) is 5.32 Å². The highest BCUT2D eigenvalue weighted by atomic mass is 16.3. The molecule has 0 aromatic carbocycles. The van der Waals surface area contributed by atoms with Crippen LogP contribution in [0.4, 0.5) is 0 Å². The van der Waals surface area contributed by atoms with Gasteiger partial charge in [0.15, 0.2) is 0 Å². The number of hydrogen-bond donors (Lipinski definition) is 4. The van der Waals surface area contributed by atoms with Gasteiger partial charge in [0.25, 0.3) is 0 Å². The molecule has 0 heterocycles. The highest BCUT2D eigenvalue weighted by Crippen LogP contribution is 2.17. The molecule has 0 rings (SSSR count). The highest BCUT2D eigenvalue weighted by molar-refractivity contribution is 5.76. The van der Waals surface area contributed by atoms with Crippen LogP contribution >= 0.6 is 0 Å². The first-order chi connectivity index (χ1) is 30.1. The van der Waals surface area contributed by atoms with Gasteiger partial charge in [0.05, 0.1) is 18.8 Å². The van der Waals surface area contributed by atoms with Crippen molar-refractivity contribution in [1.29, 1.82) is 0 Å². The van der Waals surface area contributed by atoms with Crippen molar-refractivity contribution < 1.29 is 20.1 Å². The van der Waals surface area contributed by atoms with Crippen molar-refractivity contribution in [3.8, 4) is 0 Å². The zero-order valence-electron chi connectivity index (χ0n) is 41.3. The lowest BCUT2D eigenvalue weighted by Crippen LogP contribution is -2.50. The molecule has 0 aromatic rings. The summed E-state index contributed by atoms with van der Waals surface area (Å²) in [6.45, 7) is 4.20. The van der Waals surface area contributed by atoms with Gasteiger partial charge in [-0.3, -0.25) is 4.79 Å². The average molecular weight is 860 g/mol. The van der Waals surface area contributed by atoms with Crippen LogP contribution in [-0.2, 0) is 4.79 Å². The topological polar surface area (TPSA) is 89.8 Å². The number of rotatable bonds is 51. The van der Waals surface area contributed by atoms with Gasteiger partial charge in [0.2, 0.25) is 5.91 Å². The summed E-state index contributed by atoms with van der Waals surface area (Å²) in [6, 6.07) is -0.830. The first-order valence-electron chi connectivity index (χ1n) is 27.6. The van der Waals surface area contributed by atoms with Crippen LogP contribution in [0.2, 0.25) is 0 Å². The summed E-state index contributed by atoms with van der Waals surface area (Å²) >= 11 is 0. The van der Waals surface area contributed by atoms with Gasteiger partial charge in [-0.25, -0.2) is 0 Å². The number of unbranched alkanes of at least 4 members (excludes halogenated alkanes) is 39. The van der Waals surface area contributed by atoms with E-state index in [1.807, 2.05) is 0 Å². The number of amides is 1. The molecule has 362 valence electrons. The number of hydrogen-bond acceptors (Lipinski definition) is 4. The predicted molar refractivity (Wildman–Crippen MR) is 268 cm³/mol. The van der Waals surface area contributed by atoms with E-state index < -0.39 is 18.2 Å². The summed E-state index contributed by atoms with van der Waals surface area (Å²) in [5.74, 6) is -0.152. The highest BCUT2D eigenvalue weighted by Gasteiger charge is 2.26. The van der Waals surface area contributed by atoms with Crippen molar-refractivity contribution in [2.24, 2.45) is 0 Å². The van der Waals surface area contributed by atoms with Crippen LogP contribution in [0.5, 0.6) is 0 Å². The van der Waals surface area contributed by atoms with Gasteiger partial charge < -0.3 is 20.6 Å². The second-order valence-electron chi connectivity index (χ2n) is 19.1. The molecule has 0 spiro atoms. The molecule has 0 fully saturated rings. The fraction of sp³-hybridized carbons (Fsp3) is 0.911. The van der Waals surface area contributed by atoms with Gasteiger partial charge in [0.1, 0.15) is 6.10 Å². The zero-order valence-corrected chi connectivity index (χ0v) is 41.3. The molecule has 1 amide bonds. The maximum atomic E-state index is 12.5. The lowest BCUT2D eigenvalue weighted by molar-refractivity contribution is -0.124. The molecule has 0 radical (unpaired) electrons. The molecular formula is C56H109NO4. The minimum Gasteiger partial charge on any atom is -0.394 e. The van der Waals surface area contributed by atoms with Gasteiger partial charge in [-0.1, -0.05) is 269 Å². The molecular weight excluding hydrogens is 751 g/mol. The minimum atomic E-state index is -1.16. The molecule has 0 aromatic heterocycles. The molecule has 61 heavy (non-hydrogen) atoms. The van der Waals surface area contributed by atoms with Crippen LogP contribution in [0.15, 0.2) is 24.3 Å². The Morgan fingerprint density at radius 1 is 0.393 bits per heavy atom. The minimum absolute atomic E-state index is 0.152. The van der Waals surface area contributed by atoms with Crippen LogP contribution in [-0.4, -0.2) is 46.1 Å². The van der Waals surface area contributed by atoms with Crippen molar-refractivity contribution >= 4 is 5.91 Å². The third-order valence-corrected chi connectivity index (χ3v) is 13.0. The van der Waals surface area contributed by atoms with E-state index in [-0.39, 0.29) is 12.5 Å². The van der Waals surface area contributed by atoms with E-state index in [9.17, 15) is 20.1 Å². The van der Waals surface area contributed by atoms with Crippen LogP contribution < -0.4 is 5.32 Å². The first-order valence-corrected chi connectivity index (χ1v) is 27.6. The third kappa shape index (κ3) is 46.6. The quantitative estimate of drug-likeness (QED) is 0.0362. The zero-order chi connectivity index (χ0) is 44.4. The molecule has 5 heteroatoms. The molecule has 0 aliphatic rings.